The summed E-state index contributed by atoms with van der Waals surface area (Å²) in [7, 11) is 0. The molecule has 0 aliphatic rings. The Kier molecular flexibility index (Phi) is 4.03. The fourth-order valence-corrected chi connectivity index (χ4v) is 0.836. The Hall–Kier alpha value is -0.780. The first kappa shape index (κ1) is 15.2. The van der Waals surface area contributed by atoms with Gasteiger partial charge in [0.2, 0.25) is 0 Å². The number of carbonyl (C=O) groups excluding carboxylic acids is 1. The van der Waals surface area contributed by atoms with Crippen LogP contribution in [0.4, 0.5) is 13.2 Å². The number of nitrogens with two attached hydrogens (primary N) is 1. The van der Waals surface area contributed by atoms with Crippen LogP contribution in [0, 0.1) is 5.41 Å². The van der Waals surface area contributed by atoms with Gasteiger partial charge in [0.25, 0.3) is 0 Å². The van der Waals surface area contributed by atoms with Crippen LogP contribution in [0.15, 0.2) is 0 Å². The molecule has 0 aliphatic carbocycles. The first-order valence-electron chi connectivity index (χ1n) is 4.84. The van der Waals surface area contributed by atoms with Gasteiger partial charge in [-0.05, 0) is 34.6 Å². The second-order valence-corrected chi connectivity index (χ2v) is 5.23. The predicted octanol–water partition coefficient (Wildman–Crippen LogP) is 2.24. The molecule has 16 heavy (non-hydrogen) atoms. The number of rotatable bonds is 2. The number of ether oxygens (including phenoxy) is 1. The number of esters is 1. The van der Waals surface area contributed by atoms with Gasteiger partial charge in [-0.2, -0.15) is 13.2 Å². The highest BCUT2D eigenvalue weighted by molar-refractivity contribution is 5.77. The molecule has 0 fully saturated rings. The average Bonchev–Trinajstić information content (AvgIpc) is 1.97. The highest BCUT2D eigenvalue weighted by atomic mass is 19.4. The lowest BCUT2D eigenvalue weighted by atomic mass is 9.84. The van der Waals surface area contributed by atoms with Gasteiger partial charge in [-0.25, -0.2) is 0 Å². The van der Waals surface area contributed by atoms with Gasteiger partial charge in [0.05, 0.1) is 5.41 Å². The van der Waals surface area contributed by atoms with E-state index in [2.05, 4.69) is 0 Å². The van der Waals surface area contributed by atoms with E-state index in [1.807, 2.05) is 0 Å². The van der Waals surface area contributed by atoms with Gasteiger partial charge in [0, 0.05) is 0 Å². The fraction of sp³-hybridized carbons (Fsp3) is 0.900. The predicted molar refractivity (Wildman–Crippen MR) is 53.7 cm³/mol. The quantitative estimate of drug-likeness (QED) is 0.754. The Morgan fingerprint density at radius 3 is 1.75 bits per heavy atom. The summed E-state index contributed by atoms with van der Waals surface area (Å²) in [6.07, 6.45) is -4.55. The lowest BCUT2D eigenvalue weighted by molar-refractivity contribution is -0.224. The largest absolute Gasteiger partial charge is 0.459 e. The molecule has 0 saturated carbocycles. The molecule has 0 aromatic rings. The molecule has 0 saturated heterocycles. The summed E-state index contributed by atoms with van der Waals surface area (Å²) < 4.78 is 42.6. The van der Waals surface area contributed by atoms with Crippen LogP contribution in [0.25, 0.3) is 0 Å². The van der Waals surface area contributed by atoms with Gasteiger partial charge in [-0.1, -0.05) is 0 Å². The minimum absolute atomic E-state index is 0.851. The molecule has 3 nitrogen and oxygen atoms in total. The maximum atomic E-state index is 12.6. The Morgan fingerprint density at radius 2 is 1.50 bits per heavy atom. The standard InChI is InChI=1S/C10H18F3NO2/c1-8(2,3)16-7(15)6(14)9(4,5)10(11,12)13/h6H,14H2,1-5H3. The highest BCUT2D eigenvalue weighted by Crippen LogP contribution is 2.40. The normalized spacial score (nSPS) is 15.8. The van der Waals surface area contributed by atoms with Crippen LogP contribution < -0.4 is 5.73 Å². The van der Waals surface area contributed by atoms with Gasteiger partial charge in [0.15, 0.2) is 0 Å². The summed E-state index contributed by atoms with van der Waals surface area (Å²) in [5.41, 5.74) is 2.13. The van der Waals surface area contributed by atoms with Crippen molar-refractivity contribution in [3.05, 3.63) is 0 Å². The van der Waals surface area contributed by atoms with Gasteiger partial charge in [0.1, 0.15) is 11.6 Å². The van der Waals surface area contributed by atoms with Crippen molar-refractivity contribution in [3.63, 3.8) is 0 Å². The van der Waals surface area contributed by atoms with Crippen LogP contribution in [0.1, 0.15) is 34.6 Å². The minimum atomic E-state index is -4.55. The third kappa shape index (κ3) is 3.66. The molecule has 0 heterocycles. The number of halogens is 3. The maximum absolute atomic E-state index is 12.6. The van der Waals surface area contributed by atoms with Crippen LogP contribution in [0.5, 0.6) is 0 Å². The van der Waals surface area contributed by atoms with Crippen LogP contribution >= 0.6 is 0 Å². The molecule has 1 atom stereocenters. The molecule has 2 N–H and O–H groups in total. The second-order valence-electron chi connectivity index (χ2n) is 5.23. The van der Waals surface area contributed by atoms with Crippen molar-refractivity contribution in [1.82, 2.24) is 0 Å². The lowest BCUT2D eigenvalue weighted by Gasteiger charge is -2.33. The highest BCUT2D eigenvalue weighted by Gasteiger charge is 2.54. The van der Waals surface area contributed by atoms with E-state index in [1.165, 1.54) is 0 Å². The maximum Gasteiger partial charge on any atom is 0.396 e. The summed E-state index contributed by atoms with van der Waals surface area (Å²) in [4.78, 5) is 11.4. The molecule has 0 aliphatic heterocycles. The van der Waals surface area contributed by atoms with Crippen molar-refractivity contribution in [2.45, 2.75) is 52.4 Å². The molecule has 6 heteroatoms. The number of hydrogen-bond acceptors (Lipinski definition) is 3. The van der Waals surface area contributed by atoms with E-state index in [0.29, 0.717) is 0 Å². The van der Waals surface area contributed by atoms with E-state index < -0.39 is 29.2 Å². The van der Waals surface area contributed by atoms with E-state index in [9.17, 15) is 18.0 Å². The molecule has 0 aromatic carbocycles. The monoisotopic (exact) mass is 241 g/mol. The molecule has 1 unspecified atom stereocenters. The molecular weight excluding hydrogens is 223 g/mol. The Labute approximate surface area is 93.1 Å². The molecule has 0 bridgehead atoms. The summed E-state index contributed by atoms with van der Waals surface area (Å²) in [5.74, 6) is -1.05. The van der Waals surface area contributed by atoms with E-state index in [4.69, 9.17) is 10.5 Å². The topological polar surface area (TPSA) is 52.3 Å². The first-order chi connectivity index (χ1) is 6.79. The summed E-state index contributed by atoms with van der Waals surface area (Å²) in [5, 5.41) is 0. The van der Waals surface area contributed by atoms with Crippen molar-refractivity contribution in [2.75, 3.05) is 0 Å². The lowest BCUT2D eigenvalue weighted by Crippen LogP contribution is -2.53. The molecule has 0 amide bonds. The SMILES string of the molecule is CC(C)(C)OC(=O)C(N)C(C)(C)C(F)(F)F. The van der Waals surface area contributed by atoms with E-state index in [1.54, 1.807) is 20.8 Å². The van der Waals surface area contributed by atoms with Crippen molar-refractivity contribution < 1.29 is 22.7 Å². The number of hydrogen-bond donors (Lipinski definition) is 1. The van der Waals surface area contributed by atoms with Crippen LogP contribution in [0.3, 0.4) is 0 Å². The van der Waals surface area contributed by atoms with Gasteiger partial charge in [-0.3, -0.25) is 4.79 Å². The Balaban J connectivity index is 4.81. The van der Waals surface area contributed by atoms with Gasteiger partial charge < -0.3 is 10.5 Å². The molecule has 0 spiro atoms. The van der Waals surface area contributed by atoms with Gasteiger partial charge in [-0.15, -0.1) is 0 Å². The van der Waals surface area contributed by atoms with Gasteiger partial charge >= 0.3 is 12.1 Å². The summed E-state index contributed by atoms with van der Waals surface area (Å²) >= 11 is 0. The average molecular weight is 241 g/mol. The third-order valence-electron chi connectivity index (χ3n) is 2.17. The second kappa shape index (κ2) is 4.24. The Morgan fingerprint density at radius 1 is 1.12 bits per heavy atom. The van der Waals surface area contributed by atoms with Crippen LogP contribution in [-0.2, 0) is 9.53 Å². The molecule has 0 aromatic heterocycles. The van der Waals surface area contributed by atoms with Crippen molar-refractivity contribution >= 4 is 5.97 Å². The van der Waals surface area contributed by atoms with E-state index in [-0.39, 0.29) is 0 Å². The van der Waals surface area contributed by atoms with E-state index in [0.717, 1.165) is 13.8 Å². The van der Waals surface area contributed by atoms with E-state index >= 15 is 0 Å². The zero-order chi connectivity index (χ0) is 13.4. The molecule has 0 radical (unpaired) electrons. The number of carbonyl (C=O) groups is 1. The summed E-state index contributed by atoms with van der Waals surface area (Å²) in [6.45, 7) is 6.46. The smallest absolute Gasteiger partial charge is 0.396 e. The molecule has 0 rings (SSSR count). The van der Waals surface area contributed by atoms with Crippen molar-refractivity contribution in [3.8, 4) is 0 Å². The van der Waals surface area contributed by atoms with Crippen LogP contribution in [0.2, 0.25) is 0 Å². The van der Waals surface area contributed by atoms with Crippen LogP contribution in [-0.4, -0.2) is 23.8 Å². The third-order valence-corrected chi connectivity index (χ3v) is 2.17. The molecular formula is C10H18F3NO2. The zero-order valence-corrected chi connectivity index (χ0v) is 10.1. The zero-order valence-electron chi connectivity index (χ0n) is 10.1. The van der Waals surface area contributed by atoms with Crippen molar-refractivity contribution in [1.29, 1.82) is 0 Å². The Bertz CT molecular complexity index is 266. The fourth-order valence-electron chi connectivity index (χ4n) is 0.836. The van der Waals surface area contributed by atoms with Crippen molar-refractivity contribution in [2.24, 2.45) is 11.1 Å². The minimum Gasteiger partial charge on any atom is -0.459 e. The number of alkyl halides is 3. The summed E-state index contributed by atoms with van der Waals surface area (Å²) in [6, 6.07) is -1.73. The first-order valence-corrected chi connectivity index (χ1v) is 4.84. The molecule has 96 valence electrons.